The van der Waals surface area contributed by atoms with Crippen LogP contribution in [0.4, 0.5) is 0 Å². The van der Waals surface area contributed by atoms with Crippen molar-refractivity contribution in [3.8, 4) is 5.75 Å². The molecule has 0 radical (unpaired) electrons. The molecule has 1 aromatic carbocycles. The van der Waals surface area contributed by atoms with Gasteiger partial charge in [-0.2, -0.15) is 0 Å². The Balaban J connectivity index is 2.09. The van der Waals surface area contributed by atoms with Crippen LogP contribution in [0.3, 0.4) is 0 Å². The Kier molecular flexibility index (Phi) is 4.37. The zero-order valence-electron chi connectivity index (χ0n) is 10.3. The number of carboxylic acid groups (broad SMARTS) is 1. The van der Waals surface area contributed by atoms with Crippen molar-refractivity contribution in [1.82, 2.24) is 9.97 Å². The van der Waals surface area contributed by atoms with Crippen LogP contribution >= 0.6 is 11.6 Å². The third kappa shape index (κ3) is 4.10. The van der Waals surface area contributed by atoms with Crippen molar-refractivity contribution in [2.24, 2.45) is 0 Å². The summed E-state index contributed by atoms with van der Waals surface area (Å²) >= 11 is 5.75. The van der Waals surface area contributed by atoms with E-state index in [0.717, 1.165) is 6.07 Å². The SMILES string of the molecule is O=C(O)Cc1cc(=O)[nH]c(COc2ccc(Cl)cc2)n1. The third-order valence-electron chi connectivity index (χ3n) is 2.37. The second-order valence-corrected chi connectivity index (χ2v) is 4.43. The average Bonchev–Trinajstić information content (AvgIpc) is 2.36. The highest BCUT2D eigenvalue weighted by Gasteiger charge is 2.06. The van der Waals surface area contributed by atoms with E-state index < -0.39 is 11.5 Å². The van der Waals surface area contributed by atoms with E-state index in [2.05, 4.69) is 9.97 Å². The van der Waals surface area contributed by atoms with E-state index in [4.69, 9.17) is 21.4 Å². The minimum absolute atomic E-state index is 0.0321. The molecule has 20 heavy (non-hydrogen) atoms. The molecule has 0 saturated heterocycles. The number of carboxylic acids is 1. The number of ether oxygens (including phenoxy) is 1. The molecule has 1 heterocycles. The summed E-state index contributed by atoms with van der Waals surface area (Å²) in [5.41, 5.74) is -0.220. The number of nitrogens with zero attached hydrogens (tertiary/aromatic N) is 1. The molecule has 2 N–H and O–H groups in total. The summed E-state index contributed by atoms with van der Waals surface area (Å²) < 4.78 is 5.42. The summed E-state index contributed by atoms with van der Waals surface area (Å²) in [6.45, 7) is 0.0321. The quantitative estimate of drug-likeness (QED) is 0.874. The van der Waals surface area contributed by atoms with Crippen LogP contribution in [-0.4, -0.2) is 21.0 Å². The number of nitrogens with one attached hydrogen (secondary N) is 1. The number of hydrogen-bond acceptors (Lipinski definition) is 4. The first-order valence-electron chi connectivity index (χ1n) is 5.72. The van der Waals surface area contributed by atoms with Crippen molar-refractivity contribution in [1.29, 1.82) is 0 Å². The van der Waals surface area contributed by atoms with Crippen LogP contribution in [0.15, 0.2) is 35.1 Å². The molecular formula is C13H11ClN2O4. The predicted octanol–water partition coefficient (Wildman–Crippen LogP) is 1.63. The second kappa shape index (κ2) is 6.21. The van der Waals surface area contributed by atoms with Gasteiger partial charge in [-0.3, -0.25) is 9.59 Å². The molecular weight excluding hydrogens is 284 g/mol. The number of halogens is 1. The Morgan fingerprint density at radius 1 is 1.35 bits per heavy atom. The predicted molar refractivity (Wildman–Crippen MR) is 72.0 cm³/mol. The Hall–Kier alpha value is -2.34. The largest absolute Gasteiger partial charge is 0.486 e. The summed E-state index contributed by atoms with van der Waals surface area (Å²) in [5, 5.41) is 9.28. The van der Waals surface area contributed by atoms with E-state index in [1.807, 2.05) is 0 Å². The summed E-state index contributed by atoms with van der Waals surface area (Å²) in [6.07, 6.45) is -0.308. The molecule has 0 bridgehead atoms. The highest BCUT2D eigenvalue weighted by molar-refractivity contribution is 6.30. The van der Waals surface area contributed by atoms with Crippen LogP contribution in [0.5, 0.6) is 5.75 Å². The first-order valence-corrected chi connectivity index (χ1v) is 6.10. The summed E-state index contributed by atoms with van der Waals surface area (Å²) in [5.74, 6) is -0.211. The Bertz CT molecular complexity index is 667. The topological polar surface area (TPSA) is 92.3 Å². The smallest absolute Gasteiger partial charge is 0.309 e. The maximum atomic E-state index is 11.4. The lowest BCUT2D eigenvalue weighted by atomic mass is 10.3. The fraction of sp³-hybridized carbons (Fsp3) is 0.154. The first-order chi connectivity index (χ1) is 9.52. The zero-order chi connectivity index (χ0) is 14.5. The van der Waals surface area contributed by atoms with Gasteiger partial charge >= 0.3 is 5.97 Å². The standard InChI is InChI=1S/C13H11ClN2O4/c14-8-1-3-10(4-2-8)20-7-11-15-9(6-13(18)19)5-12(17)16-11/h1-5H,6-7H2,(H,18,19)(H,15,16,17). The second-order valence-electron chi connectivity index (χ2n) is 4.00. The highest BCUT2D eigenvalue weighted by Crippen LogP contribution is 2.16. The lowest BCUT2D eigenvalue weighted by Gasteiger charge is -2.06. The fourth-order valence-electron chi connectivity index (χ4n) is 1.56. The number of hydrogen-bond donors (Lipinski definition) is 2. The molecule has 1 aromatic heterocycles. The number of rotatable bonds is 5. The lowest BCUT2D eigenvalue weighted by Crippen LogP contribution is -2.16. The van der Waals surface area contributed by atoms with Crippen molar-refractivity contribution in [2.75, 3.05) is 0 Å². The number of benzene rings is 1. The molecule has 2 aromatic rings. The van der Waals surface area contributed by atoms with Crippen molar-refractivity contribution < 1.29 is 14.6 Å². The van der Waals surface area contributed by atoms with Gasteiger partial charge in [0.15, 0.2) is 0 Å². The summed E-state index contributed by atoms with van der Waals surface area (Å²) in [6, 6.07) is 7.87. The van der Waals surface area contributed by atoms with E-state index in [0.29, 0.717) is 10.8 Å². The van der Waals surface area contributed by atoms with Gasteiger partial charge in [0.05, 0.1) is 12.1 Å². The molecule has 0 spiro atoms. The van der Waals surface area contributed by atoms with Gasteiger partial charge in [0.2, 0.25) is 0 Å². The first kappa shape index (κ1) is 14.1. The maximum Gasteiger partial charge on any atom is 0.309 e. The van der Waals surface area contributed by atoms with Gasteiger partial charge in [0.1, 0.15) is 18.2 Å². The molecule has 0 amide bonds. The van der Waals surface area contributed by atoms with Crippen molar-refractivity contribution in [3.05, 3.63) is 57.2 Å². The van der Waals surface area contributed by atoms with Crippen LogP contribution in [0.2, 0.25) is 5.02 Å². The number of aliphatic carboxylic acids is 1. The number of aromatic nitrogens is 2. The molecule has 7 heteroatoms. The fourth-order valence-corrected chi connectivity index (χ4v) is 1.69. The van der Waals surface area contributed by atoms with Gasteiger partial charge in [-0.05, 0) is 24.3 Å². The molecule has 6 nitrogen and oxygen atoms in total. The van der Waals surface area contributed by atoms with Crippen LogP contribution in [0.1, 0.15) is 11.5 Å². The van der Waals surface area contributed by atoms with Crippen LogP contribution in [-0.2, 0) is 17.8 Å². The zero-order valence-corrected chi connectivity index (χ0v) is 11.1. The molecule has 0 aliphatic rings. The van der Waals surface area contributed by atoms with Gasteiger partial charge in [0.25, 0.3) is 5.56 Å². The Labute approximate surface area is 119 Å². The van der Waals surface area contributed by atoms with Gasteiger partial charge in [-0.15, -0.1) is 0 Å². The third-order valence-corrected chi connectivity index (χ3v) is 2.62. The molecule has 2 rings (SSSR count). The van der Waals surface area contributed by atoms with Gasteiger partial charge < -0.3 is 14.8 Å². The van der Waals surface area contributed by atoms with E-state index in [-0.39, 0.29) is 24.5 Å². The number of H-pyrrole nitrogens is 1. The molecule has 0 aliphatic heterocycles. The van der Waals surface area contributed by atoms with Crippen molar-refractivity contribution >= 4 is 17.6 Å². The van der Waals surface area contributed by atoms with Crippen molar-refractivity contribution in [3.63, 3.8) is 0 Å². The molecule has 0 atom stereocenters. The molecule has 0 saturated carbocycles. The Morgan fingerprint density at radius 3 is 2.70 bits per heavy atom. The van der Waals surface area contributed by atoms with Crippen LogP contribution < -0.4 is 10.3 Å². The number of carbonyl (C=O) groups is 1. The van der Waals surface area contributed by atoms with Crippen LogP contribution in [0.25, 0.3) is 0 Å². The summed E-state index contributed by atoms with van der Waals surface area (Å²) in [7, 11) is 0. The minimum atomic E-state index is -1.05. The van der Waals surface area contributed by atoms with E-state index in [9.17, 15) is 9.59 Å². The number of aromatic amines is 1. The lowest BCUT2D eigenvalue weighted by molar-refractivity contribution is -0.136. The van der Waals surface area contributed by atoms with Crippen molar-refractivity contribution in [2.45, 2.75) is 13.0 Å². The Morgan fingerprint density at radius 2 is 2.05 bits per heavy atom. The van der Waals surface area contributed by atoms with Gasteiger partial charge in [-0.25, -0.2) is 4.98 Å². The van der Waals surface area contributed by atoms with E-state index in [1.54, 1.807) is 24.3 Å². The van der Waals surface area contributed by atoms with E-state index in [1.165, 1.54) is 0 Å². The molecule has 104 valence electrons. The monoisotopic (exact) mass is 294 g/mol. The maximum absolute atomic E-state index is 11.4. The van der Waals surface area contributed by atoms with E-state index >= 15 is 0 Å². The van der Waals surface area contributed by atoms with Gasteiger partial charge in [0, 0.05) is 11.1 Å². The molecule has 0 unspecified atom stereocenters. The normalized spacial score (nSPS) is 10.2. The molecule has 0 fully saturated rings. The highest BCUT2D eigenvalue weighted by atomic mass is 35.5. The van der Waals surface area contributed by atoms with Crippen LogP contribution in [0, 0.1) is 0 Å². The van der Waals surface area contributed by atoms with Gasteiger partial charge in [-0.1, -0.05) is 11.6 Å². The average molecular weight is 295 g/mol. The molecule has 0 aliphatic carbocycles. The summed E-state index contributed by atoms with van der Waals surface area (Å²) in [4.78, 5) is 28.5. The minimum Gasteiger partial charge on any atom is -0.486 e.